The molecule has 0 aliphatic rings. The Labute approximate surface area is 139 Å². The van der Waals surface area contributed by atoms with Gasteiger partial charge in [-0.1, -0.05) is 12.1 Å². The smallest absolute Gasteiger partial charge is 0.225 e. The summed E-state index contributed by atoms with van der Waals surface area (Å²) in [6.45, 7) is 3.96. The van der Waals surface area contributed by atoms with Crippen LogP contribution in [-0.2, 0) is 10.4 Å². The Balaban J connectivity index is 1.80. The molecule has 124 valence electrons. The van der Waals surface area contributed by atoms with Crippen molar-refractivity contribution in [2.24, 2.45) is 0 Å². The molecule has 0 radical (unpaired) electrons. The second-order valence-corrected chi connectivity index (χ2v) is 6.74. The molecule has 1 amide bonds. The number of benzene rings is 1. The molecule has 0 saturated heterocycles. The summed E-state index contributed by atoms with van der Waals surface area (Å²) in [4.78, 5) is 12.8. The third-order valence-corrected chi connectivity index (χ3v) is 4.57. The summed E-state index contributed by atoms with van der Waals surface area (Å²) >= 11 is 1.49. The zero-order chi connectivity index (χ0) is 16.9. The van der Waals surface area contributed by atoms with Gasteiger partial charge in [0.15, 0.2) is 0 Å². The highest BCUT2D eigenvalue weighted by atomic mass is 32.1. The standard InChI is InChI=1S/C17H21FN2O2S/c1-12(19-11-17(2,22)15-7-4-8-23-15)9-16(21)20-14-6-3-5-13(18)10-14/h3-8,10,12,19,22H,9,11H2,1-2H3,(H,20,21). The lowest BCUT2D eigenvalue weighted by atomic mass is 10.0. The van der Waals surface area contributed by atoms with Crippen molar-refractivity contribution in [3.8, 4) is 0 Å². The molecule has 0 bridgehead atoms. The fourth-order valence-corrected chi connectivity index (χ4v) is 2.96. The average Bonchev–Trinajstić information content (AvgIpc) is 3.00. The summed E-state index contributed by atoms with van der Waals surface area (Å²) in [5.41, 5.74) is -0.533. The first kappa shape index (κ1) is 17.6. The predicted octanol–water partition coefficient (Wildman–Crippen LogP) is 3.10. The van der Waals surface area contributed by atoms with Gasteiger partial charge in [-0.3, -0.25) is 4.79 Å². The van der Waals surface area contributed by atoms with Crippen LogP contribution in [0.3, 0.4) is 0 Å². The van der Waals surface area contributed by atoms with Crippen LogP contribution in [0, 0.1) is 5.82 Å². The first-order valence-corrected chi connectivity index (χ1v) is 8.30. The Kier molecular flexibility index (Phi) is 5.87. The van der Waals surface area contributed by atoms with Crippen molar-refractivity contribution < 1.29 is 14.3 Å². The number of halogens is 1. The van der Waals surface area contributed by atoms with E-state index < -0.39 is 5.60 Å². The van der Waals surface area contributed by atoms with E-state index in [4.69, 9.17) is 0 Å². The van der Waals surface area contributed by atoms with Gasteiger partial charge in [0.2, 0.25) is 5.91 Å². The molecule has 1 aromatic heterocycles. The lowest BCUT2D eigenvalue weighted by molar-refractivity contribution is -0.116. The summed E-state index contributed by atoms with van der Waals surface area (Å²) in [7, 11) is 0. The minimum absolute atomic E-state index is 0.116. The van der Waals surface area contributed by atoms with Gasteiger partial charge in [-0.25, -0.2) is 4.39 Å². The van der Waals surface area contributed by atoms with E-state index in [1.807, 2.05) is 24.4 Å². The van der Waals surface area contributed by atoms with Crippen LogP contribution in [0.1, 0.15) is 25.1 Å². The molecule has 1 aromatic carbocycles. The number of anilines is 1. The van der Waals surface area contributed by atoms with E-state index in [9.17, 15) is 14.3 Å². The average molecular weight is 336 g/mol. The lowest BCUT2D eigenvalue weighted by Gasteiger charge is -2.25. The molecular formula is C17H21FN2O2S. The van der Waals surface area contributed by atoms with Crippen molar-refractivity contribution >= 4 is 22.9 Å². The van der Waals surface area contributed by atoms with E-state index in [0.29, 0.717) is 12.2 Å². The normalized spacial score (nSPS) is 15.0. The summed E-state index contributed by atoms with van der Waals surface area (Å²) in [6, 6.07) is 9.45. The van der Waals surface area contributed by atoms with Crippen LogP contribution in [-0.4, -0.2) is 23.6 Å². The Morgan fingerprint density at radius 3 is 2.83 bits per heavy atom. The van der Waals surface area contributed by atoms with Gasteiger partial charge in [0, 0.05) is 29.6 Å². The molecule has 0 fully saturated rings. The number of aliphatic hydroxyl groups is 1. The van der Waals surface area contributed by atoms with Crippen molar-refractivity contribution in [1.82, 2.24) is 5.32 Å². The first-order chi connectivity index (χ1) is 10.9. The van der Waals surface area contributed by atoms with Crippen LogP contribution in [0.5, 0.6) is 0 Å². The third-order valence-electron chi connectivity index (χ3n) is 3.45. The molecule has 2 aromatic rings. The largest absolute Gasteiger partial charge is 0.383 e. The number of carbonyl (C=O) groups is 1. The van der Waals surface area contributed by atoms with Gasteiger partial charge >= 0.3 is 0 Å². The number of thiophene rings is 1. The fraction of sp³-hybridized carbons (Fsp3) is 0.353. The Bertz CT molecular complexity index is 644. The number of hydrogen-bond acceptors (Lipinski definition) is 4. The van der Waals surface area contributed by atoms with E-state index >= 15 is 0 Å². The SMILES string of the molecule is CC(CC(=O)Nc1cccc(F)c1)NCC(C)(O)c1cccs1. The topological polar surface area (TPSA) is 61.4 Å². The van der Waals surface area contributed by atoms with Crippen LogP contribution in [0.15, 0.2) is 41.8 Å². The van der Waals surface area contributed by atoms with Gasteiger partial charge < -0.3 is 15.7 Å². The summed E-state index contributed by atoms with van der Waals surface area (Å²) in [6.07, 6.45) is 0.233. The summed E-state index contributed by atoms with van der Waals surface area (Å²) in [5.74, 6) is -0.590. The minimum Gasteiger partial charge on any atom is -0.383 e. The highest BCUT2D eigenvalue weighted by Crippen LogP contribution is 2.24. The minimum atomic E-state index is -0.971. The van der Waals surface area contributed by atoms with Crippen molar-refractivity contribution in [3.63, 3.8) is 0 Å². The van der Waals surface area contributed by atoms with Crippen LogP contribution >= 0.6 is 11.3 Å². The molecule has 2 atom stereocenters. The van der Waals surface area contributed by atoms with Gasteiger partial charge in [0.05, 0.1) is 0 Å². The Hall–Kier alpha value is -1.76. The molecule has 3 N–H and O–H groups in total. The molecular weight excluding hydrogens is 315 g/mol. The zero-order valence-electron chi connectivity index (χ0n) is 13.2. The van der Waals surface area contributed by atoms with E-state index in [0.717, 1.165) is 4.88 Å². The van der Waals surface area contributed by atoms with Gasteiger partial charge in [0.1, 0.15) is 11.4 Å². The molecule has 0 aliphatic carbocycles. The molecule has 23 heavy (non-hydrogen) atoms. The second-order valence-electron chi connectivity index (χ2n) is 5.80. The van der Waals surface area contributed by atoms with Gasteiger partial charge in [-0.15, -0.1) is 11.3 Å². The maximum Gasteiger partial charge on any atom is 0.225 e. The number of amides is 1. The zero-order valence-corrected chi connectivity index (χ0v) is 14.0. The maximum absolute atomic E-state index is 13.1. The molecule has 0 spiro atoms. The number of nitrogens with one attached hydrogen (secondary N) is 2. The fourth-order valence-electron chi connectivity index (χ4n) is 2.17. The number of hydrogen-bond donors (Lipinski definition) is 3. The highest BCUT2D eigenvalue weighted by Gasteiger charge is 2.24. The van der Waals surface area contributed by atoms with E-state index in [-0.39, 0.29) is 24.2 Å². The summed E-state index contributed by atoms with van der Waals surface area (Å²) in [5, 5.41) is 18.2. The molecule has 0 aliphatic heterocycles. The third kappa shape index (κ3) is 5.42. The molecule has 0 saturated carbocycles. The monoisotopic (exact) mass is 336 g/mol. The molecule has 6 heteroatoms. The lowest BCUT2D eigenvalue weighted by Crippen LogP contribution is -2.40. The van der Waals surface area contributed by atoms with Crippen LogP contribution in [0.4, 0.5) is 10.1 Å². The van der Waals surface area contributed by atoms with Gasteiger partial charge in [-0.2, -0.15) is 0 Å². The maximum atomic E-state index is 13.1. The van der Waals surface area contributed by atoms with Crippen LogP contribution < -0.4 is 10.6 Å². The predicted molar refractivity (Wildman–Crippen MR) is 91.0 cm³/mol. The number of rotatable bonds is 7. The van der Waals surface area contributed by atoms with Crippen molar-refractivity contribution in [1.29, 1.82) is 0 Å². The molecule has 2 rings (SSSR count). The van der Waals surface area contributed by atoms with Crippen molar-refractivity contribution in [2.75, 3.05) is 11.9 Å². The van der Waals surface area contributed by atoms with Crippen molar-refractivity contribution in [2.45, 2.75) is 31.9 Å². The number of carbonyl (C=O) groups excluding carboxylic acids is 1. The highest BCUT2D eigenvalue weighted by molar-refractivity contribution is 7.10. The van der Waals surface area contributed by atoms with Gasteiger partial charge in [-0.05, 0) is 43.5 Å². The molecule has 2 unspecified atom stereocenters. The quantitative estimate of drug-likeness (QED) is 0.728. The Morgan fingerprint density at radius 1 is 1.39 bits per heavy atom. The molecule has 1 heterocycles. The first-order valence-electron chi connectivity index (χ1n) is 7.42. The van der Waals surface area contributed by atoms with Crippen LogP contribution in [0.25, 0.3) is 0 Å². The van der Waals surface area contributed by atoms with E-state index in [2.05, 4.69) is 10.6 Å². The molecule has 4 nitrogen and oxygen atoms in total. The second kappa shape index (κ2) is 7.68. The van der Waals surface area contributed by atoms with Crippen molar-refractivity contribution in [3.05, 3.63) is 52.5 Å². The Morgan fingerprint density at radius 2 is 2.17 bits per heavy atom. The van der Waals surface area contributed by atoms with Crippen LogP contribution in [0.2, 0.25) is 0 Å². The summed E-state index contributed by atoms with van der Waals surface area (Å²) < 4.78 is 13.1. The van der Waals surface area contributed by atoms with E-state index in [1.54, 1.807) is 19.1 Å². The van der Waals surface area contributed by atoms with Gasteiger partial charge in [0.25, 0.3) is 0 Å². The van der Waals surface area contributed by atoms with E-state index in [1.165, 1.54) is 23.5 Å².